The van der Waals surface area contributed by atoms with Crippen LogP contribution in [0.2, 0.25) is 5.02 Å². The molecule has 3 rings (SSSR count). The first-order valence-electron chi connectivity index (χ1n) is 7.62. The van der Waals surface area contributed by atoms with E-state index in [2.05, 4.69) is 10.5 Å². The number of halogens is 2. The van der Waals surface area contributed by atoms with E-state index in [0.29, 0.717) is 17.1 Å². The number of amides is 1. The van der Waals surface area contributed by atoms with Crippen LogP contribution < -0.4 is 10.1 Å². The summed E-state index contributed by atoms with van der Waals surface area (Å²) in [6.45, 7) is 1.91. The largest absolute Gasteiger partial charge is 0.495 e. The average Bonchev–Trinajstić information content (AvgIpc) is 3.05. The van der Waals surface area contributed by atoms with Gasteiger partial charge in [0.1, 0.15) is 11.6 Å². The van der Waals surface area contributed by atoms with Gasteiger partial charge in [-0.25, -0.2) is 4.39 Å². The highest BCUT2D eigenvalue weighted by Crippen LogP contribution is 2.28. The van der Waals surface area contributed by atoms with Gasteiger partial charge >= 0.3 is 0 Å². The number of rotatable bonds is 4. The molecule has 25 heavy (non-hydrogen) atoms. The number of nitrogens with one attached hydrogen (secondary N) is 1. The summed E-state index contributed by atoms with van der Waals surface area (Å²) in [6.07, 6.45) is -0.739. The van der Waals surface area contributed by atoms with E-state index in [1.54, 1.807) is 18.2 Å². The van der Waals surface area contributed by atoms with Gasteiger partial charge in [-0.15, -0.1) is 0 Å². The molecule has 1 aliphatic rings. The Morgan fingerprint density at radius 3 is 2.92 bits per heavy atom. The summed E-state index contributed by atoms with van der Waals surface area (Å²) in [5.74, 6) is -0.360. The Labute approximate surface area is 149 Å². The molecule has 1 aliphatic heterocycles. The molecular formula is C18H16ClFN2O3. The number of nitrogens with zero attached hydrogens (tertiary/aromatic N) is 1. The van der Waals surface area contributed by atoms with Crippen LogP contribution in [0.25, 0.3) is 0 Å². The Hall–Kier alpha value is -2.60. The summed E-state index contributed by atoms with van der Waals surface area (Å²) in [5.41, 5.74) is 1.97. The van der Waals surface area contributed by atoms with Crippen LogP contribution in [0.3, 0.4) is 0 Å². The molecule has 0 saturated heterocycles. The quantitative estimate of drug-likeness (QED) is 0.896. The van der Waals surface area contributed by atoms with Gasteiger partial charge in [-0.2, -0.15) is 0 Å². The number of anilines is 1. The summed E-state index contributed by atoms with van der Waals surface area (Å²) in [7, 11) is 1.52. The zero-order chi connectivity index (χ0) is 18.0. The molecule has 1 N–H and O–H groups in total. The van der Waals surface area contributed by atoms with Crippen molar-refractivity contribution in [3.63, 3.8) is 0 Å². The van der Waals surface area contributed by atoms with Gasteiger partial charge in [0.2, 0.25) is 6.10 Å². The number of carbonyl (C=O) groups excluding carboxylic acids is 1. The second-order valence-corrected chi connectivity index (χ2v) is 6.03. The number of benzene rings is 2. The number of carbonyl (C=O) groups is 1. The van der Waals surface area contributed by atoms with E-state index < -0.39 is 17.8 Å². The fraction of sp³-hybridized carbons (Fsp3) is 0.222. The highest BCUT2D eigenvalue weighted by molar-refractivity contribution is 6.34. The predicted octanol–water partition coefficient (Wildman–Crippen LogP) is 3.93. The Kier molecular flexibility index (Phi) is 4.90. The second-order valence-electron chi connectivity index (χ2n) is 5.63. The molecule has 2 aromatic rings. The number of hydrogen-bond acceptors (Lipinski definition) is 4. The number of aryl methyl sites for hydroxylation is 1. The van der Waals surface area contributed by atoms with Crippen molar-refractivity contribution in [3.05, 3.63) is 58.4 Å². The minimum atomic E-state index is -0.865. The molecule has 0 aliphatic carbocycles. The van der Waals surface area contributed by atoms with Gasteiger partial charge in [-0.1, -0.05) is 28.9 Å². The van der Waals surface area contributed by atoms with Gasteiger partial charge < -0.3 is 14.9 Å². The lowest BCUT2D eigenvalue weighted by Crippen LogP contribution is -2.28. The number of hydrogen-bond donors (Lipinski definition) is 1. The summed E-state index contributed by atoms with van der Waals surface area (Å²) in [4.78, 5) is 17.6. The average molecular weight is 363 g/mol. The van der Waals surface area contributed by atoms with Crippen molar-refractivity contribution < 1.29 is 18.8 Å². The first-order chi connectivity index (χ1) is 12.0. The first kappa shape index (κ1) is 17.2. The molecule has 0 radical (unpaired) electrons. The van der Waals surface area contributed by atoms with Gasteiger partial charge in [-0.3, -0.25) is 4.79 Å². The summed E-state index contributed by atoms with van der Waals surface area (Å²) in [5, 5.41) is 6.81. The van der Waals surface area contributed by atoms with Crippen LogP contribution in [0, 0.1) is 12.7 Å². The molecule has 0 spiro atoms. The molecule has 0 saturated carbocycles. The molecule has 1 atom stereocenters. The van der Waals surface area contributed by atoms with Crippen molar-refractivity contribution >= 4 is 28.9 Å². The maximum absolute atomic E-state index is 14.0. The van der Waals surface area contributed by atoms with Crippen molar-refractivity contribution in [2.24, 2.45) is 5.16 Å². The molecule has 1 amide bonds. The Morgan fingerprint density at radius 2 is 2.20 bits per heavy atom. The maximum Gasteiger partial charge on any atom is 0.268 e. The Morgan fingerprint density at radius 1 is 1.40 bits per heavy atom. The molecule has 1 unspecified atom stereocenters. The molecule has 7 heteroatoms. The molecule has 0 bridgehead atoms. The number of oxime groups is 1. The highest BCUT2D eigenvalue weighted by Gasteiger charge is 2.31. The standard InChI is InChI=1S/C18H16ClFN2O3/c1-10-6-7-15(24-2)13(8-10)21-18(23)16-9-14(22-25-16)17-11(19)4-3-5-12(17)20/h3-8,16H,9H2,1-2H3,(H,21,23). The predicted molar refractivity (Wildman–Crippen MR) is 93.8 cm³/mol. The van der Waals surface area contributed by atoms with Crippen LogP contribution in [0.4, 0.5) is 10.1 Å². The monoisotopic (exact) mass is 362 g/mol. The lowest BCUT2D eigenvalue weighted by atomic mass is 10.0. The third kappa shape index (κ3) is 3.58. The van der Waals surface area contributed by atoms with Crippen LogP contribution in [0.15, 0.2) is 41.6 Å². The minimum Gasteiger partial charge on any atom is -0.495 e. The van der Waals surface area contributed by atoms with E-state index in [1.165, 1.54) is 19.2 Å². The minimum absolute atomic E-state index is 0.126. The van der Waals surface area contributed by atoms with Gasteiger partial charge in [0.15, 0.2) is 0 Å². The van der Waals surface area contributed by atoms with E-state index in [9.17, 15) is 9.18 Å². The van der Waals surface area contributed by atoms with Gasteiger partial charge in [0.05, 0.1) is 29.1 Å². The molecule has 0 fully saturated rings. The third-order valence-electron chi connectivity index (χ3n) is 3.83. The zero-order valence-corrected chi connectivity index (χ0v) is 14.4. The molecular weight excluding hydrogens is 347 g/mol. The van der Waals surface area contributed by atoms with Gasteiger partial charge in [0.25, 0.3) is 5.91 Å². The van der Waals surface area contributed by atoms with E-state index in [-0.39, 0.29) is 17.0 Å². The van der Waals surface area contributed by atoms with Gasteiger partial charge in [-0.05, 0) is 36.8 Å². The lowest BCUT2D eigenvalue weighted by Gasteiger charge is -2.13. The summed E-state index contributed by atoms with van der Waals surface area (Å²) in [6, 6.07) is 9.79. The van der Waals surface area contributed by atoms with Crippen molar-refractivity contribution in [1.29, 1.82) is 0 Å². The maximum atomic E-state index is 14.0. The van der Waals surface area contributed by atoms with Crippen LogP contribution in [0.5, 0.6) is 5.75 Å². The fourth-order valence-corrected chi connectivity index (χ4v) is 2.84. The SMILES string of the molecule is COc1ccc(C)cc1NC(=O)C1CC(c2c(F)cccc2Cl)=NO1. The van der Waals surface area contributed by atoms with E-state index in [4.69, 9.17) is 21.2 Å². The van der Waals surface area contributed by atoms with E-state index in [0.717, 1.165) is 5.56 Å². The Bertz CT molecular complexity index is 834. The van der Waals surface area contributed by atoms with Crippen LogP contribution >= 0.6 is 11.6 Å². The van der Waals surface area contributed by atoms with Gasteiger partial charge in [0, 0.05) is 6.42 Å². The van der Waals surface area contributed by atoms with Crippen molar-refractivity contribution in [3.8, 4) is 5.75 Å². The lowest BCUT2D eigenvalue weighted by molar-refractivity contribution is -0.125. The number of methoxy groups -OCH3 is 1. The summed E-state index contributed by atoms with van der Waals surface area (Å²) >= 11 is 6.03. The fourth-order valence-electron chi connectivity index (χ4n) is 2.57. The summed E-state index contributed by atoms with van der Waals surface area (Å²) < 4.78 is 19.2. The zero-order valence-electron chi connectivity index (χ0n) is 13.7. The molecule has 1 heterocycles. The molecule has 0 aromatic heterocycles. The molecule has 2 aromatic carbocycles. The van der Waals surface area contributed by atoms with Crippen LogP contribution in [-0.2, 0) is 9.63 Å². The van der Waals surface area contributed by atoms with Crippen LogP contribution in [-0.4, -0.2) is 24.8 Å². The Balaban J connectivity index is 1.73. The third-order valence-corrected chi connectivity index (χ3v) is 4.14. The second kappa shape index (κ2) is 7.11. The normalized spacial score (nSPS) is 16.2. The first-order valence-corrected chi connectivity index (χ1v) is 8.00. The topological polar surface area (TPSA) is 59.9 Å². The molecule has 5 nitrogen and oxygen atoms in total. The van der Waals surface area contributed by atoms with E-state index in [1.807, 2.05) is 13.0 Å². The number of ether oxygens (including phenoxy) is 1. The smallest absolute Gasteiger partial charge is 0.268 e. The van der Waals surface area contributed by atoms with E-state index >= 15 is 0 Å². The van der Waals surface area contributed by atoms with Crippen molar-refractivity contribution in [2.75, 3.05) is 12.4 Å². The van der Waals surface area contributed by atoms with Crippen molar-refractivity contribution in [1.82, 2.24) is 0 Å². The van der Waals surface area contributed by atoms with Crippen LogP contribution in [0.1, 0.15) is 17.5 Å². The highest BCUT2D eigenvalue weighted by atomic mass is 35.5. The van der Waals surface area contributed by atoms with Crippen molar-refractivity contribution in [2.45, 2.75) is 19.4 Å². The molecule has 130 valence electrons.